The van der Waals surface area contributed by atoms with Crippen molar-refractivity contribution in [2.75, 3.05) is 19.6 Å². The molecule has 130 valence electrons. The molecule has 5 nitrogen and oxygen atoms in total. The SMILES string of the molecule is Cl.Cn1ccnc1CC1CCCN(C(=O)C2CC(F)(F)CN2)C1. The van der Waals surface area contributed by atoms with E-state index in [4.69, 9.17) is 0 Å². The Balaban J connectivity index is 0.00000192. The molecular formula is C15H23ClF2N4O. The van der Waals surface area contributed by atoms with Gasteiger partial charge in [0.2, 0.25) is 5.91 Å². The summed E-state index contributed by atoms with van der Waals surface area (Å²) < 4.78 is 28.5. The molecule has 0 aliphatic carbocycles. The molecule has 1 amide bonds. The fourth-order valence-electron chi connectivity index (χ4n) is 3.39. The minimum absolute atomic E-state index is 0. The molecule has 2 unspecified atom stereocenters. The van der Waals surface area contributed by atoms with Gasteiger partial charge in [0.05, 0.1) is 12.6 Å². The first kappa shape index (κ1) is 18.1. The lowest BCUT2D eigenvalue weighted by molar-refractivity contribution is -0.135. The summed E-state index contributed by atoms with van der Waals surface area (Å²) >= 11 is 0. The molecule has 2 aliphatic rings. The van der Waals surface area contributed by atoms with Crippen molar-refractivity contribution in [1.29, 1.82) is 0 Å². The van der Waals surface area contributed by atoms with Gasteiger partial charge in [0.25, 0.3) is 5.92 Å². The van der Waals surface area contributed by atoms with Crippen LogP contribution < -0.4 is 5.32 Å². The van der Waals surface area contributed by atoms with Crippen LogP contribution in [-0.2, 0) is 18.3 Å². The Bertz CT molecular complexity index is 551. The van der Waals surface area contributed by atoms with E-state index in [1.54, 1.807) is 11.1 Å². The predicted molar refractivity (Wildman–Crippen MR) is 84.8 cm³/mol. The van der Waals surface area contributed by atoms with Crippen LogP contribution in [0.15, 0.2) is 12.4 Å². The lowest BCUT2D eigenvalue weighted by Crippen LogP contribution is -2.48. The summed E-state index contributed by atoms with van der Waals surface area (Å²) in [6.07, 6.45) is 6.08. The fraction of sp³-hybridized carbons (Fsp3) is 0.733. The quantitative estimate of drug-likeness (QED) is 0.903. The maximum atomic E-state index is 13.3. The van der Waals surface area contributed by atoms with Gasteiger partial charge in [-0.25, -0.2) is 13.8 Å². The van der Waals surface area contributed by atoms with Crippen molar-refractivity contribution in [2.24, 2.45) is 13.0 Å². The molecule has 2 saturated heterocycles. The van der Waals surface area contributed by atoms with E-state index in [0.29, 0.717) is 19.0 Å². The molecule has 0 bridgehead atoms. The van der Waals surface area contributed by atoms with Gasteiger partial charge in [-0.15, -0.1) is 12.4 Å². The van der Waals surface area contributed by atoms with Crippen molar-refractivity contribution in [3.05, 3.63) is 18.2 Å². The zero-order valence-corrected chi connectivity index (χ0v) is 14.0. The largest absolute Gasteiger partial charge is 0.341 e. The number of carbonyl (C=O) groups is 1. The molecule has 23 heavy (non-hydrogen) atoms. The van der Waals surface area contributed by atoms with E-state index in [9.17, 15) is 13.6 Å². The van der Waals surface area contributed by atoms with Crippen LogP contribution in [0.25, 0.3) is 0 Å². The van der Waals surface area contributed by atoms with Crippen molar-refractivity contribution in [1.82, 2.24) is 19.8 Å². The van der Waals surface area contributed by atoms with Gasteiger partial charge in [-0.1, -0.05) is 0 Å². The number of nitrogens with zero attached hydrogens (tertiary/aromatic N) is 3. The molecule has 2 atom stereocenters. The van der Waals surface area contributed by atoms with Gasteiger partial charge in [0.15, 0.2) is 0 Å². The molecule has 3 heterocycles. The van der Waals surface area contributed by atoms with Gasteiger partial charge in [-0.2, -0.15) is 0 Å². The number of rotatable bonds is 3. The number of hydrogen-bond acceptors (Lipinski definition) is 3. The maximum Gasteiger partial charge on any atom is 0.262 e. The van der Waals surface area contributed by atoms with Crippen molar-refractivity contribution in [2.45, 2.75) is 37.6 Å². The molecule has 0 saturated carbocycles. The van der Waals surface area contributed by atoms with Crippen molar-refractivity contribution in [3.63, 3.8) is 0 Å². The average Bonchev–Trinajstić information content (AvgIpc) is 3.04. The molecular weight excluding hydrogens is 326 g/mol. The molecule has 0 radical (unpaired) electrons. The number of hydrogen-bond donors (Lipinski definition) is 1. The summed E-state index contributed by atoms with van der Waals surface area (Å²) in [5.74, 6) is -1.59. The van der Waals surface area contributed by atoms with E-state index < -0.39 is 18.5 Å². The van der Waals surface area contributed by atoms with Crippen LogP contribution in [0.5, 0.6) is 0 Å². The third-order valence-electron chi connectivity index (χ3n) is 4.63. The lowest BCUT2D eigenvalue weighted by atomic mass is 9.94. The Morgan fingerprint density at radius 3 is 2.91 bits per heavy atom. The summed E-state index contributed by atoms with van der Waals surface area (Å²) in [5.41, 5.74) is 0. The molecule has 0 aromatic carbocycles. The molecule has 2 aliphatic heterocycles. The molecule has 2 fully saturated rings. The zero-order valence-electron chi connectivity index (χ0n) is 13.2. The first-order valence-electron chi connectivity index (χ1n) is 7.81. The van der Waals surface area contributed by atoms with E-state index >= 15 is 0 Å². The smallest absolute Gasteiger partial charge is 0.262 e. The molecule has 0 spiro atoms. The standard InChI is InChI=1S/C15H22F2N4O.ClH/c1-20-6-4-18-13(20)7-11-3-2-5-21(9-11)14(22)12-8-15(16,17)10-19-12;/h4,6,11-12,19H,2-3,5,7-10H2,1H3;1H. The number of alkyl halides is 2. The minimum atomic E-state index is -2.76. The second-order valence-electron chi connectivity index (χ2n) is 6.44. The van der Waals surface area contributed by atoms with Crippen molar-refractivity contribution < 1.29 is 13.6 Å². The predicted octanol–water partition coefficient (Wildman–Crippen LogP) is 1.62. The Hall–Kier alpha value is -1.21. The number of likely N-dealkylation sites (tertiary alicyclic amines) is 1. The van der Waals surface area contributed by atoms with Crippen LogP contribution in [0, 0.1) is 5.92 Å². The highest BCUT2D eigenvalue weighted by atomic mass is 35.5. The van der Waals surface area contributed by atoms with Crippen molar-refractivity contribution in [3.8, 4) is 0 Å². The third-order valence-corrected chi connectivity index (χ3v) is 4.63. The Labute approximate surface area is 140 Å². The van der Waals surface area contributed by atoms with Crippen LogP contribution >= 0.6 is 12.4 Å². The van der Waals surface area contributed by atoms with Crippen LogP contribution in [-0.4, -0.2) is 52.0 Å². The lowest BCUT2D eigenvalue weighted by Gasteiger charge is -2.34. The van der Waals surface area contributed by atoms with Gasteiger partial charge in [-0.3, -0.25) is 10.1 Å². The van der Waals surface area contributed by atoms with Crippen LogP contribution in [0.2, 0.25) is 0 Å². The summed E-state index contributed by atoms with van der Waals surface area (Å²) in [6.45, 7) is 0.906. The molecule has 8 heteroatoms. The van der Waals surface area contributed by atoms with E-state index in [2.05, 4.69) is 10.3 Å². The van der Waals surface area contributed by atoms with Gasteiger partial charge < -0.3 is 9.47 Å². The maximum absolute atomic E-state index is 13.3. The molecule has 3 rings (SSSR count). The highest BCUT2D eigenvalue weighted by Gasteiger charge is 2.44. The molecule has 1 aromatic rings. The first-order valence-corrected chi connectivity index (χ1v) is 7.81. The summed E-state index contributed by atoms with van der Waals surface area (Å²) in [6, 6.07) is -0.734. The number of imidazole rings is 1. The molecule has 1 N–H and O–H groups in total. The second kappa shape index (κ2) is 7.13. The van der Waals surface area contributed by atoms with Crippen LogP contribution in [0.3, 0.4) is 0 Å². The normalized spacial score (nSPS) is 26.8. The fourth-order valence-corrected chi connectivity index (χ4v) is 3.39. The topological polar surface area (TPSA) is 50.2 Å². The number of amides is 1. The summed E-state index contributed by atoms with van der Waals surface area (Å²) in [5, 5.41) is 2.66. The number of aryl methyl sites for hydroxylation is 1. The number of aromatic nitrogens is 2. The van der Waals surface area contributed by atoms with Gasteiger partial charge >= 0.3 is 0 Å². The summed E-state index contributed by atoms with van der Waals surface area (Å²) in [7, 11) is 1.96. The highest BCUT2D eigenvalue weighted by Crippen LogP contribution is 2.27. The Morgan fingerprint density at radius 1 is 1.52 bits per heavy atom. The Morgan fingerprint density at radius 2 is 2.30 bits per heavy atom. The summed E-state index contributed by atoms with van der Waals surface area (Å²) in [4.78, 5) is 18.5. The Kier molecular flexibility index (Phi) is 5.62. The second-order valence-corrected chi connectivity index (χ2v) is 6.44. The van der Waals surface area contributed by atoms with Gasteiger partial charge in [-0.05, 0) is 18.8 Å². The van der Waals surface area contributed by atoms with Crippen LogP contribution in [0.4, 0.5) is 8.78 Å². The number of nitrogens with one attached hydrogen (secondary N) is 1. The van der Waals surface area contributed by atoms with Crippen LogP contribution in [0.1, 0.15) is 25.1 Å². The average molecular weight is 349 g/mol. The molecule has 1 aromatic heterocycles. The van der Waals surface area contributed by atoms with Gasteiger partial charge in [0, 0.05) is 45.4 Å². The van der Waals surface area contributed by atoms with E-state index in [1.165, 1.54) is 0 Å². The number of piperidine rings is 1. The van der Waals surface area contributed by atoms with Gasteiger partial charge in [0.1, 0.15) is 5.82 Å². The van der Waals surface area contributed by atoms with E-state index in [1.807, 2.05) is 17.8 Å². The first-order chi connectivity index (χ1) is 10.4. The zero-order chi connectivity index (χ0) is 15.7. The van der Waals surface area contributed by atoms with Crippen molar-refractivity contribution >= 4 is 18.3 Å². The number of carbonyl (C=O) groups excluding carboxylic acids is 1. The highest BCUT2D eigenvalue weighted by molar-refractivity contribution is 5.85. The minimum Gasteiger partial charge on any atom is -0.341 e. The monoisotopic (exact) mass is 348 g/mol. The van der Waals surface area contributed by atoms with E-state index in [0.717, 1.165) is 25.1 Å². The third kappa shape index (κ3) is 4.20. The van der Waals surface area contributed by atoms with E-state index in [-0.39, 0.29) is 24.7 Å². The number of halogens is 3.